The number of imide groups is 1. The van der Waals surface area contributed by atoms with Crippen LogP contribution in [0.25, 0.3) is 5.57 Å². The number of hydrogen-bond acceptors (Lipinski definition) is 4. The van der Waals surface area contributed by atoms with E-state index in [0.29, 0.717) is 28.7 Å². The van der Waals surface area contributed by atoms with Crippen LogP contribution < -0.4 is 9.64 Å². The fourth-order valence-corrected chi connectivity index (χ4v) is 3.80. The van der Waals surface area contributed by atoms with Gasteiger partial charge < -0.3 is 4.74 Å². The lowest BCUT2D eigenvalue weighted by atomic mass is 10.0. The summed E-state index contributed by atoms with van der Waals surface area (Å²) in [6.45, 7) is 8.77. The maximum absolute atomic E-state index is 13.2. The van der Waals surface area contributed by atoms with Gasteiger partial charge in [-0.05, 0) is 48.4 Å². The van der Waals surface area contributed by atoms with Crippen molar-refractivity contribution in [3.63, 3.8) is 0 Å². The predicted octanol–water partition coefficient (Wildman–Crippen LogP) is 5.07. The molecule has 146 valence electrons. The molecule has 0 bridgehead atoms. The van der Waals surface area contributed by atoms with Crippen LogP contribution in [-0.2, 0) is 9.59 Å². The molecule has 0 spiro atoms. The highest BCUT2D eigenvalue weighted by Crippen LogP contribution is 2.38. The molecule has 0 radical (unpaired) electrons. The zero-order valence-corrected chi connectivity index (χ0v) is 17.5. The van der Waals surface area contributed by atoms with Crippen molar-refractivity contribution in [2.24, 2.45) is 5.92 Å². The molecule has 0 unspecified atom stereocenters. The molecule has 0 atom stereocenters. The number of ether oxygens (including phenoxy) is 1. The zero-order chi connectivity index (χ0) is 20.3. The smallest absolute Gasteiger partial charge is 0.272 e. The number of aryl methyl sites for hydroxylation is 1. The third-order valence-electron chi connectivity index (χ3n) is 4.35. The molecule has 2 aromatic rings. The maximum Gasteiger partial charge on any atom is 0.272 e. The molecule has 0 saturated heterocycles. The number of carbonyl (C=O) groups excluding carboxylic acids is 2. The van der Waals surface area contributed by atoms with E-state index in [1.807, 2.05) is 38.1 Å². The van der Waals surface area contributed by atoms with E-state index in [4.69, 9.17) is 4.74 Å². The predicted molar refractivity (Wildman–Crippen MR) is 115 cm³/mol. The van der Waals surface area contributed by atoms with E-state index in [1.165, 1.54) is 16.7 Å². The summed E-state index contributed by atoms with van der Waals surface area (Å²) in [6, 6.07) is 14.8. The molecule has 3 rings (SSSR count). The molecule has 28 heavy (non-hydrogen) atoms. The van der Waals surface area contributed by atoms with Crippen molar-refractivity contribution in [3.8, 4) is 5.75 Å². The van der Waals surface area contributed by atoms with Crippen molar-refractivity contribution >= 4 is 34.8 Å². The van der Waals surface area contributed by atoms with Crippen LogP contribution >= 0.6 is 11.8 Å². The van der Waals surface area contributed by atoms with Crippen molar-refractivity contribution in [1.82, 2.24) is 0 Å². The summed E-state index contributed by atoms with van der Waals surface area (Å²) in [5, 5.41) is 0. The Hall–Kier alpha value is -2.53. The Kier molecular flexibility index (Phi) is 6.25. The van der Waals surface area contributed by atoms with Gasteiger partial charge in [-0.3, -0.25) is 9.59 Å². The van der Waals surface area contributed by atoms with Crippen molar-refractivity contribution in [1.29, 1.82) is 0 Å². The van der Waals surface area contributed by atoms with Gasteiger partial charge in [0.15, 0.2) is 0 Å². The van der Waals surface area contributed by atoms with Crippen molar-refractivity contribution in [2.75, 3.05) is 17.3 Å². The first kappa shape index (κ1) is 20.2. The van der Waals surface area contributed by atoms with E-state index in [0.717, 1.165) is 22.6 Å². The van der Waals surface area contributed by atoms with Gasteiger partial charge in [0.2, 0.25) is 0 Å². The first-order valence-corrected chi connectivity index (χ1v) is 10.5. The topological polar surface area (TPSA) is 46.6 Å². The number of thioether (sulfide) groups is 1. The molecular formula is C23H25NO3S. The van der Waals surface area contributed by atoms with Gasteiger partial charge in [-0.25, -0.2) is 4.90 Å². The Morgan fingerprint density at radius 3 is 2.18 bits per heavy atom. The number of carbonyl (C=O) groups is 2. The second-order valence-corrected chi connectivity index (χ2v) is 8.42. The van der Waals surface area contributed by atoms with Crippen LogP contribution in [0.1, 0.15) is 31.9 Å². The molecule has 0 aromatic heterocycles. The summed E-state index contributed by atoms with van der Waals surface area (Å²) in [4.78, 5) is 28.0. The molecule has 0 N–H and O–H groups in total. The fourth-order valence-electron chi connectivity index (χ4n) is 2.95. The number of anilines is 1. The number of nitrogens with zero attached hydrogens (tertiary/aromatic N) is 1. The maximum atomic E-state index is 13.2. The molecule has 1 aliphatic heterocycles. The van der Waals surface area contributed by atoms with E-state index in [2.05, 4.69) is 13.8 Å². The van der Waals surface area contributed by atoms with Gasteiger partial charge >= 0.3 is 0 Å². The molecule has 0 fully saturated rings. The second-order valence-electron chi connectivity index (χ2n) is 7.15. The first-order valence-electron chi connectivity index (χ1n) is 9.48. The number of benzene rings is 2. The minimum atomic E-state index is -0.277. The summed E-state index contributed by atoms with van der Waals surface area (Å²) < 4.78 is 5.70. The summed E-state index contributed by atoms with van der Waals surface area (Å²) in [6.07, 6.45) is 0. The largest absolute Gasteiger partial charge is 0.493 e. The molecular weight excluding hydrogens is 370 g/mol. The van der Waals surface area contributed by atoms with Gasteiger partial charge in [-0.1, -0.05) is 50.6 Å². The highest BCUT2D eigenvalue weighted by molar-refractivity contribution is 8.04. The Labute approximate surface area is 170 Å². The van der Waals surface area contributed by atoms with Gasteiger partial charge in [-0.2, -0.15) is 0 Å². The average Bonchev–Trinajstić information content (AvgIpc) is 2.92. The zero-order valence-electron chi connectivity index (χ0n) is 16.7. The van der Waals surface area contributed by atoms with Crippen LogP contribution in [0.3, 0.4) is 0 Å². The minimum absolute atomic E-state index is 0.261. The van der Waals surface area contributed by atoms with Gasteiger partial charge in [-0.15, -0.1) is 11.8 Å². The van der Waals surface area contributed by atoms with Gasteiger partial charge in [0, 0.05) is 0 Å². The summed E-state index contributed by atoms with van der Waals surface area (Å²) in [7, 11) is 0. The van der Waals surface area contributed by atoms with Crippen LogP contribution in [0.2, 0.25) is 0 Å². The third-order valence-corrected chi connectivity index (χ3v) is 5.30. The molecule has 1 aliphatic rings. The molecule has 0 saturated carbocycles. The Morgan fingerprint density at radius 1 is 0.964 bits per heavy atom. The molecule has 1 heterocycles. The van der Waals surface area contributed by atoms with E-state index < -0.39 is 0 Å². The molecule has 5 heteroatoms. The van der Waals surface area contributed by atoms with Crippen molar-refractivity contribution in [2.45, 2.75) is 27.7 Å². The summed E-state index contributed by atoms with van der Waals surface area (Å²) >= 11 is 1.41. The molecule has 4 nitrogen and oxygen atoms in total. The van der Waals surface area contributed by atoms with E-state index in [1.54, 1.807) is 24.3 Å². The lowest BCUT2D eigenvalue weighted by molar-refractivity contribution is -0.119. The highest BCUT2D eigenvalue weighted by Gasteiger charge is 2.39. The number of amides is 2. The first-order chi connectivity index (χ1) is 13.4. The lowest BCUT2D eigenvalue weighted by Crippen LogP contribution is -2.31. The van der Waals surface area contributed by atoms with Gasteiger partial charge in [0.25, 0.3) is 11.8 Å². The lowest BCUT2D eigenvalue weighted by Gasteiger charge is -2.16. The van der Waals surface area contributed by atoms with Gasteiger partial charge in [0.05, 0.1) is 22.8 Å². The summed E-state index contributed by atoms with van der Waals surface area (Å²) in [5.74, 6) is 1.34. The molecule has 2 aromatic carbocycles. The monoisotopic (exact) mass is 395 g/mol. The van der Waals surface area contributed by atoms with Gasteiger partial charge in [0.1, 0.15) is 5.75 Å². The number of rotatable bonds is 7. The third kappa shape index (κ3) is 4.14. The number of hydrogen-bond donors (Lipinski definition) is 0. The van der Waals surface area contributed by atoms with Crippen molar-refractivity contribution < 1.29 is 14.3 Å². The average molecular weight is 396 g/mol. The van der Waals surface area contributed by atoms with Crippen molar-refractivity contribution in [3.05, 3.63) is 64.6 Å². The van der Waals surface area contributed by atoms with Crippen LogP contribution in [0, 0.1) is 12.8 Å². The quantitative estimate of drug-likeness (QED) is 0.614. The molecule has 0 aliphatic carbocycles. The highest BCUT2D eigenvalue weighted by atomic mass is 32.2. The van der Waals surface area contributed by atoms with E-state index in [9.17, 15) is 9.59 Å². The summed E-state index contributed by atoms with van der Waals surface area (Å²) in [5.41, 5.74) is 2.93. The van der Waals surface area contributed by atoms with Crippen LogP contribution in [0.15, 0.2) is 53.4 Å². The Balaban J connectivity index is 1.91. The standard InChI is InChI=1S/C23H25NO3S/c1-5-28-21-20(17-8-6-16(4)7-9-17)22(25)24(23(21)26)18-10-12-19(13-11-18)27-14-15(2)3/h6-13,15H,5,14H2,1-4H3. The fraction of sp³-hybridized carbons (Fsp3) is 0.304. The normalized spacial score (nSPS) is 14.4. The van der Waals surface area contributed by atoms with E-state index in [-0.39, 0.29) is 11.8 Å². The van der Waals surface area contributed by atoms with Crippen LogP contribution in [0.5, 0.6) is 5.75 Å². The SMILES string of the molecule is CCSC1=C(c2ccc(C)cc2)C(=O)N(c2ccc(OCC(C)C)cc2)C1=O. The van der Waals surface area contributed by atoms with E-state index >= 15 is 0 Å². The second kappa shape index (κ2) is 8.65. The van der Waals surface area contributed by atoms with Crippen LogP contribution in [0.4, 0.5) is 5.69 Å². The Bertz CT molecular complexity index is 898. The Morgan fingerprint density at radius 2 is 1.61 bits per heavy atom. The minimum Gasteiger partial charge on any atom is -0.493 e. The van der Waals surface area contributed by atoms with Crippen LogP contribution in [-0.4, -0.2) is 24.2 Å². The molecule has 2 amide bonds.